The minimum atomic E-state index is 0.584. The van der Waals surface area contributed by atoms with E-state index in [1.165, 1.54) is 6.33 Å². The molecule has 0 bridgehead atoms. The first kappa shape index (κ1) is 11.4. The van der Waals surface area contributed by atoms with Crippen LogP contribution in [0.1, 0.15) is 19.0 Å². The molecule has 0 aliphatic rings. The average Bonchev–Trinajstić information content (AvgIpc) is 2.87. The van der Waals surface area contributed by atoms with Crippen molar-refractivity contribution < 1.29 is 4.52 Å². The SMILES string of the molecule is CCCNc1cc(NCc2ccon2)ncn1. The maximum Gasteiger partial charge on any atom is 0.131 e. The number of nitrogens with one attached hydrogen (secondary N) is 2. The lowest BCUT2D eigenvalue weighted by Gasteiger charge is -2.06. The largest absolute Gasteiger partial charge is 0.370 e. The first-order valence-electron chi connectivity index (χ1n) is 5.57. The highest BCUT2D eigenvalue weighted by Gasteiger charge is 1.99. The topological polar surface area (TPSA) is 75.9 Å². The van der Waals surface area contributed by atoms with Gasteiger partial charge in [0.2, 0.25) is 0 Å². The number of hydrogen-bond donors (Lipinski definition) is 2. The van der Waals surface area contributed by atoms with E-state index in [2.05, 4.69) is 32.7 Å². The van der Waals surface area contributed by atoms with Gasteiger partial charge >= 0.3 is 0 Å². The summed E-state index contributed by atoms with van der Waals surface area (Å²) in [4.78, 5) is 8.25. The number of hydrogen-bond acceptors (Lipinski definition) is 6. The predicted octanol–water partition coefficient (Wildman–Crippen LogP) is 1.90. The van der Waals surface area contributed by atoms with Gasteiger partial charge in [0, 0.05) is 18.7 Å². The Bertz CT molecular complexity index is 443. The van der Waals surface area contributed by atoms with Crippen LogP contribution in [0.25, 0.3) is 0 Å². The van der Waals surface area contributed by atoms with E-state index in [-0.39, 0.29) is 0 Å². The molecule has 6 heteroatoms. The highest BCUT2D eigenvalue weighted by atomic mass is 16.5. The summed E-state index contributed by atoms with van der Waals surface area (Å²) < 4.78 is 4.74. The summed E-state index contributed by atoms with van der Waals surface area (Å²) in [5.74, 6) is 1.59. The van der Waals surface area contributed by atoms with Crippen molar-refractivity contribution in [3.05, 3.63) is 30.4 Å². The number of anilines is 2. The van der Waals surface area contributed by atoms with Crippen LogP contribution in [0.4, 0.5) is 11.6 Å². The highest BCUT2D eigenvalue weighted by molar-refractivity contribution is 5.46. The summed E-state index contributed by atoms with van der Waals surface area (Å²) >= 11 is 0. The molecular weight excluding hydrogens is 218 g/mol. The van der Waals surface area contributed by atoms with E-state index in [4.69, 9.17) is 4.52 Å². The highest BCUT2D eigenvalue weighted by Crippen LogP contribution is 2.09. The zero-order chi connectivity index (χ0) is 11.9. The van der Waals surface area contributed by atoms with Crippen LogP contribution in [-0.4, -0.2) is 21.7 Å². The molecule has 2 N–H and O–H groups in total. The fraction of sp³-hybridized carbons (Fsp3) is 0.364. The van der Waals surface area contributed by atoms with Crippen LogP contribution >= 0.6 is 0 Å². The molecule has 0 unspecified atom stereocenters. The van der Waals surface area contributed by atoms with Gasteiger partial charge in [0.05, 0.1) is 6.54 Å². The standard InChI is InChI=1S/C11H15N5O/c1-2-4-12-10-6-11(15-8-14-10)13-7-9-3-5-17-16-9/h3,5-6,8H,2,4,7H2,1H3,(H2,12,13,14,15). The molecule has 0 radical (unpaired) electrons. The smallest absolute Gasteiger partial charge is 0.131 e. The molecule has 0 atom stereocenters. The summed E-state index contributed by atoms with van der Waals surface area (Å²) in [5, 5.41) is 10.2. The number of nitrogens with zero attached hydrogens (tertiary/aromatic N) is 3. The fourth-order valence-electron chi connectivity index (χ4n) is 1.31. The van der Waals surface area contributed by atoms with Crippen molar-refractivity contribution in [1.82, 2.24) is 15.1 Å². The maximum absolute atomic E-state index is 4.74. The van der Waals surface area contributed by atoms with Crippen molar-refractivity contribution in [3.63, 3.8) is 0 Å². The number of rotatable bonds is 6. The molecule has 0 fully saturated rings. The van der Waals surface area contributed by atoms with Crippen molar-refractivity contribution in [2.75, 3.05) is 17.2 Å². The van der Waals surface area contributed by atoms with E-state index < -0.39 is 0 Å². The Morgan fingerprint density at radius 1 is 1.24 bits per heavy atom. The van der Waals surface area contributed by atoms with E-state index in [1.54, 1.807) is 6.26 Å². The molecule has 90 valence electrons. The van der Waals surface area contributed by atoms with E-state index in [0.29, 0.717) is 6.54 Å². The zero-order valence-electron chi connectivity index (χ0n) is 9.68. The third-order valence-electron chi connectivity index (χ3n) is 2.17. The van der Waals surface area contributed by atoms with E-state index in [0.717, 1.165) is 30.3 Å². The Balaban J connectivity index is 1.91. The monoisotopic (exact) mass is 233 g/mol. The van der Waals surface area contributed by atoms with Crippen molar-refractivity contribution in [3.8, 4) is 0 Å². The van der Waals surface area contributed by atoms with Gasteiger partial charge in [-0.1, -0.05) is 12.1 Å². The minimum absolute atomic E-state index is 0.584. The molecule has 6 nitrogen and oxygen atoms in total. The van der Waals surface area contributed by atoms with Gasteiger partial charge in [0.25, 0.3) is 0 Å². The predicted molar refractivity (Wildman–Crippen MR) is 64.6 cm³/mol. The second-order valence-corrected chi connectivity index (χ2v) is 3.56. The molecule has 0 saturated heterocycles. The van der Waals surface area contributed by atoms with Gasteiger partial charge in [-0.15, -0.1) is 0 Å². The molecule has 0 spiro atoms. The Kier molecular flexibility index (Phi) is 3.90. The molecule has 2 rings (SSSR count). The maximum atomic E-state index is 4.74. The van der Waals surface area contributed by atoms with Crippen LogP contribution in [0.5, 0.6) is 0 Å². The van der Waals surface area contributed by atoms with Crippen molar-refractivity contribution in [1.29, 1.82) is 0 Å². The van der Waals surface area contributed by atoms with Crippen LogP contribution < -0.4 is 10.6 Å². The van der Waals surface area contributed by atoms with Gasteiger partial charge in [-0.25, -0.2) is 9.97 Å². The average molecular weight is 233 g/mol. The van der Waals surface area contributed by atoms with Crippen LogP contribution in [0.3, 0.4) is 0 Å². The van der Waals surface area contributed by atoms with Gasteiger partial charge in [-0.05, 0) is 6.42 Å². The van der Waals surface area contributed by atoms with Gasteiger partial charge in [0.1, 0.15) is 29.9 Å². The zero-order valence-corrected chi connectivity index (χ0v) is 9.68. The van der Waals surface area contributed by atoms with Gasteiger partial charge in [-0.2, -0.15) is 0 Å². The van der Waals surface area contributed by atoms with Crippen molar-refractivity contribution >= 4 is 11.6 Å². The molecule has 0 aliphatic heterocycles. The summed E-state index contributed by atoms with van der Waals surface area (Å²) in [6, 6.07) is 3.68. The second-order valence-electron chi connectivity index (χ2n) is 3.56. The van der Waals surface area contributed by atoms with Crippen molar-refractivity contribution in [2.45, 2.75) is 19.9 Å². The van der Waals surface area contributed by atoms with Crippen LogP contribution in [0, 0.1) is 0 Å². The lowest BCUT2D eigenvalue weighted by Crippen LogP contribution is -2.05. The third kappa shape index (κ3) is 3.44. The molecule has 2 aromatic heterocycles. The fourth-order valence-corrected chi connectivity index (χ4v) is 1.31. The lowest BCUT2D eigenvalue weighted by molar-refractivity contribution is 0.412. The summed E-state index contributed by atoms with van der Waals surface area (Å²) in [5.41, 5.74) is 0.840. The van der Waals surface area contributed by atoms with Crippen LogP contribution in [-0.2, 0) is 6.54 Å². The third-order valence-corrected chi connectivity index (χ3v) is 2.17. The van der Waals surface area contributed by atoms with E-state index in [9.17, 15) is 0 Å². The Morgan fingerprint density at radius 3 is 2.76 bits per heavy atom. The van der Waals surface area contributed by atoms with Crippen LogP contribution in [0.2, 0.25) is 0 Å². The molecule has 0 amide bonds. The van der Waals surface area contributed by atoms with E-state index in [1.807, 2.05) is 12.1 Å². The first-order valence-corrected chi connectivity index (χ1v) is 5.57. The van der Waals surface area contributed by atoms with Crippen molar-refractivity contribution in [2.24, 2.45) is 0 Å². The summed E-state index contributed by atoms with van der Waals surface area (Å²) in [6.45, 7) is 3.60. The number of aromatic nitrogens is 3. The summed E-state index contributed by atoms with van der Waals surface area (Å²) in [7, 11) is 0. The van der Waals surface area contributed by atoms with Gasteiger partial charge < -0.3 is 15.2 Å². The Morgan fingerprint density at radius 2 is 2.06 bits per heavy atom. The van der Waals surface area contributed by atoms with Gasteiger partial charge in [0.15, 0.2) is 0 Å². The van der Waals surface area contributed by atoms with Crippen LogP contribution in [0.15, 0.2) is 29.2 Å². The normalized spacial score (nSPS) is 10.2. The summed E-state index contributed by atoms with van der Waals surface area (Å²) in [6.07, 6.45) is 4.14. The molecule has 0 saturated carbocycles. The Labute approximate surface area is 99.5 Å². The molecule has 17 heavy (non-hydrogen) atoms. The minimum Gasteiger partial charge on any atom is -0.370 e. The Hall–Kier alpha value is -2.11. The van der Waals surface area contributed by atoms with E-state index >= 15 is 0 Å². The molecule has 2 heterocycles. The lowest BCUT2D eigenvalue weighted by atomic mass is 10.4. The molecule has 0 aromatic carbocycles. The first-order chi connectivity index (χ1) is 8.38. The van der Waals surface area contributed by atoms with Gasteiger partial charge in [-0.3, -0.25) is 0 Å². The quantitative estimate of drug-likeness (QED) is 0.793. The molecular formula is C11H15N5O. The second kappa shape index (κ2) is 5.83. The molecule has 2 aromatic rings. The molecule has 0 aliphatic carbocycles.